The normalized spacial score (nSPS) is 11.0. The van der Waals surface area contributed by atoms with Crippen molar-refractivity contribution >= 4 is 22.7 Å². The fourth-order valence-electron chi connectivity index (χ4n) is 3.95. The van der Waals surface area contributed by atoms with Crippen molar-refractivity contribution in [2.75, 3.05) is 0 Å². The number of para-hydroxylation sites is 1. The Bertz CT molecular complexity index is 1480. The molecule has 0 radical (unpaired) electrons. The van der Waals surface area contributed by atoms with Crippen LogP contribution in [-0.2, 0) is 0 Å². The largest absolute Gasteiger partial charge is 0.234 e. The Balaban J connectivity index is 1.64. The molecule has 158 valence electrons. The Morgan fingerprint density at radius 3 is 1.97 bits per heavy atom. The second kappa shape index (κ2) is 8.62. The number of aromatic nitrogens is 3. The summed E-state index contributed by atoms with van der Waals surface area (Å²) in [7, 11) is 0. The first kappa shape index (κ1) is 19.9. The predicted molar refractivity (Wildman–Crippen MR) is 139 cm³/mol. The van der Waals surface area contributed by atoms with Gasteiger partial charge in [-0.25, -0.2) is 9.67 Å². The van der Waals surface area contributed by atoms with E-state index in [-0.39, 0.29) is 0 Å². The van der Waals surface area contributed by atoms with Crippen LogP contribution in [0.3, 0.4) is 0 Å². The van der Waals surface area contributed by atoms with Crippen LogP contribution in [0, 0.1) is 0 Å². The number of thiazole rings is 1. The molecule has 3 aromatic carbocycles. The fraction of sp³-hybridized carbons (Fsp3) is 0. The summed E-state index contributed by atoms with van der Waals surface area (Å²) in [5.41, 5.74) is 7.32. The van der Waals surface area contributed by atoms with Crippen molar-refractivity contribution in [1.29, 1.82) is 0 Å². The average Bonchev–Trinajstić information content (AvgIpc) is 3.65. The van der Waals surface area contributed by atoms with Crippen LogP contribution in [0.1, 0.15) is 0 Å². The van der Waals surface area contributed by atoms with Crippen molar-refractivity contribution in [2.24, 2.45) is 0 Å². The quantitative estimate of drug-likeness (QED) is 0.260. The van der Waals surface area contributed by atoms with Gasteiger partial charge in [0.25, 0.3) is 0 Å². The number of thiophene rings is 1. The van der Waals surface area contributed by atoms with E-state index in [1.807, 2.05) is 47.1 Å². The molecule has 6 rings (SSSR count). The summed E-state index contributed by atoms with van der Waals surface area (Å²) in [5.74, 6) is 0. The number of hydrogen-bond donors (Lipinski definition) is 0. The van der Waals surface area contributed by atoms with Gasteiger partial charge >= 0.3 is 0 Å². The molecule has 3 nitrogen and oxygen atoms in total. The van der Waals surface area contributed by atoms with Crippen LogP contribution in [0.2, 0.25) is 0 Å². The van der Waals surface area contributed by atoms with Crippen molar-refractivity contribution in [2.45, 2.75) is 0 Å². The summed E-state index contributed by atoms with van der Waals surface area (Å²) in [6.45, 7) is 0. The van der Waals surface area contributed by atoms with Gasteiger partial charge in [-0.2, -0.15) is 5.10 Å². The monoisotopic (exact) mass is 461 g/mol. The Hall–Kier alpha value is -3.80. The first-order valence-electron chi connectivity index (χ1n) is 10.7. The summed E-state index contributed by atoms with van der Waals surface area (Å²) in [4.78, 5) is 6.26. The number of hydrogen-bond acceptors (Lipinski definition) is 4. The summed E-state index contributed by atoms with van der Waals surface area (Å²) in [5, 5.41) is 10.4. The molecule has 0 bridgehead atoms. The van der Waals surface area contributed by atoms with Crippen LogP contribution in [0.4, 0.5) is 0 Å². The molecule has 0 amide bonds. The first-order valence-corrected chi connectivity index (χ1v) is 12.4. The molecule has 0 spiro atoms. The van der Waals surface area contributed by atoms with Crippen LogP contribution in [0.5, 0.6) is 0 Å². The third-order valence-electron chi connectivity index (χ3n) is 5.48. The fourth-order valence-corrected chi connectivity index (χ4v) is 5.58. The third-order valence-corrected chi connectivity index (χ3v) is 7.21. The van der Waals surface area contributed by atoms with Gasteiger partial charge in [0, 0.05) is 26.9 Å². The van der Waals surface area contributed by atoms with Gasteiger partial charge < -0.3 is 0 Å². The highest BCUT2D eigenvalue weighted by Gasteiger charge is 2.25. The van der Waals surface area contributed by atoms with Crippen molar-refractivity contribution in [3.05, 3.63) is 114 Å². The maximum absolute atomic E-state index is 5.16. The van der Waals surface area contributed by atoms with E-state index in [2.05, 4.69) is 71.4 Å². The predicted octanol–water partition coefficient (Wildman–Crippen LogP) is 8.06. The molecule has 0 aliphatic heterocycles. The molecule has 0 unspecified atom stereocenters. The maximum Gasteiger partial charge on any atom is 0.143 e. The van der Waals surface area contributed by atoms with E-state index in [1.54, 1.807) is 22.7 Å². The molecule has 0 aliphatic carbocycles. The van der Waals surface area contributed by atoms with Crippen LogP contribution in [-0.4, -0.2) is 14.8 Å². The van der Waals surface area contributed by atoms with Crippen molar-refractivity contribution in [3.8, 4) is 49.3 Å². The van der Waals surface area contributed by atoms with E-state index in [1.165, 1.54) is 4.88 Å². The minimum Gasteiger partial charge on any atom is -0.234 e. The molecule has 0 N–H and O–H groups in total. The number of nitrogens with zero attached hydrogens (tertiary/aromatic N) is 3. The molecule has 33 heavy (non-hydrogen) atoms. The van der Waals surface area contributed by atoms with Crippen LogP contribution in [0.15, 0.2) is 114 Å². The Morgan fingerprint density at radius 1 is 0.636 bits per heavy atom. The summed E-state index contributed by atoms with van der Waals surface area (Å²) in [6, 6.07) is 35.3. The molecule has 3 heterocycles. The first-order chi connectivity index (χ1) is 16.4. The number of benzene rings is 3. The lowest BCUT2D eigenvalue weighted by molar-refractivity contribution is 0.891. The zero-order chi connectivity index (χ0) is 22.0. The molecule has 6 aromatic rings. The highest BCUT2D eigenvalue weighted by Crippen LogP contribution is 2.44. The van der Waals surface area contributed by atoms with E-state index in [9.17, 15) is 0 Å². The van der Waals surface area contributed by atoms with Gasteiger partial charge in [0.05, 0.1) is 11.4 Å². The molecule has 0 saturated heterocycles. The minimum atomic E-state index is 0.954. The van der Waals surface area contributed by atoms with Gasteiger partial charge in [-0.3, -0.25) is 0 Å². The molecule has 0 fully saturated rings. The molecule has 3 aromatic heterocycles. The lowest BCUT2D eigenvalue weighted by atomic mass is 10.0. The SMILES string of the molecule is c1ccc(-c2csc(-c3c(-c4cccs4)c(-c4ccccc4)nn3-c3ccccc3)n2)cc1. The third kappa shape index (κ3) is 3.71. The Kier molecular flexibility index (Phi) is 5.19. The minimum absolute atomic E-state index is 0.954. The van der Waals surface area contributed by atoms with E-state index in [0.717, 1.165) is 44.5 Å². The van der Waals surface area contributed by atoms with Gasteiger partial charge in [-0.1, -0.05) is 84.9 Å². The molecule has 5 heteroatoms. The summed E-state index contributed by atoms with van der Waals surface area (Å²) < 4.78 is 2.05. The van der Waals surface area contributed by atoms with Crippen molar-refractivity contribution in [1.82, 2.24) is 14.8 Å². The van der Waals surface area contributed by atoms with Gasteiger partial charge in [-0.05, 0) is 23.6 Å². The zero-order valence-corrected chi connectivity index (χ0v) is 19.3. The molecule has 0 saturated carbocycles. The smallest absolute Gasteiger partial charge is 0.143 e. The van der Waals surface area contributed by atoms with Gasteiger partial charge in [-0.15, -0.1) is 22.7 Å². The number of rotatable bonds is 5. The summed E-state index contributed by atoms with van der Waals surface area (Å²) in [6.07, 6.45) is 0. The topological polar surface area (TPSA) is 30.7 Å². The van der Waals surface area contributed by atoms with Crippen molar-refractivity contribution in [3.63, 3.8) is 0 Å². The molecular weight excluding hydrogens is 442 g/mol. The van der Waals surface area contributed by atoms with Gasteiger partial charge in [0.15, 0.2) is 0 Å². The Morgan fingerprint density at radius 2 is 1.30 bits per heavy atom. The van der Waals surface area contributed by atoms with Crippen LogP contribution in [0.25, 0.3) is 49.3 Å². The standard InChI is InChI=1S/C28H19N3S2/c1-4-11-20(12-5-1)23-19-33-28(29-23)27-25(24-17-10-18-32-24)26(21-13-6-2-7-14-21)30-31(27)22-15-8-3-9-16-22/h1-19H. The molecule has 0 atom stereocenters. The maximum atomic E-state index is 5.16. The molecule has 0 aliphatic rings. The van der Waals surface area contributed by atoms with Crippen molar-refractivity contribution < 1.29 is 0 Å². The molecular formula is C28H19N3S2. The Labute approximate surface area is 200 Å². The summed E-state index contributed by atoms with van der Waals surface area (Å²) >= 11 is 3.39. The lowest BCUT2D eigenvalue weighted by Gasteiger charge is -2.07. The van der Waals surface area contributed by atoms with E-state index in [0.29, 0.717) is 0 Å². The van der Waals surface area contributed by atoms with E-state index < -0.39 is 0 Å². The van der Waals surface area contributed by atoms with Gasteiger partial charge in [0.1, 0.15) is 16.4 Å². The highest BCUT2D eigenvalue weighted by atomic mass is 32.1. The van der Waals surface area contributed by atoms with E-state index in [4.69, 9.17) is 10.1 Å². The van der Waals surface area contributed by atoms with Gasteiger partial charge in [0.2, 0.25) is 0 Å². The zero-order valence-electron chi connectivity index (χ0n) is 17.6. The second-order valence-electron chi connectivity index (χ2n) is 7.57. The highest BCUT2D eigenvalue weighted by molar-refractivity contribution is 7.14. The van der Waals surface area contributed by atoms with Crippen LogP contribution < -0.4 is 0 Å². The second-order valence-corrected chi connectivity index (χ2v) is 9.37. The average molecular weight is 462 g/mol. The van der Waals surface area contributed by atoms with E-state index >= 15 is 0 Å². The van der Waals surface area contributed by atoms with Crippen LogP contribution >= 0.6 is 22.7 Å². The lowest BCUT2D eigenvalue weighted by Crippen LogP contribution is -1.99.